The minimum atomic E-state index is -0.499. The summed E-state index contributed by atoms with van der Waals surface area (Å²) >= 11 is 0. The van der Waals surface area contributed by atoms with E-state index in [-0.39, 0.29) is 0 Å². The normalized spacial score (nSPS) is 13.2. The lowest BCUT2D eigenvalue weighted by molar-refractivity contribution is 0.797. The Morgan fingerprint density at radius 3 is 1.43 bits per heavy atom. The molecule has 2 heterocycles. The molecule has 2 aliphatic carbocycles. The second-order valence-electron chi connectivity index (χ2n) is 17.1. The van der Waals surface area contributed by atoms with E-state index < -0.39 is 5.41 Å². The first-order valence-corrected chi connectivity index (χ1v) is 21.9. The van der Waals surface area contributed by atoms with E-state index >= 15 is 0 Å². The second-order valence-corrected chi connectivity index (χ2v) is 17.1. The van der Waals surface area contributed by atoms with Gasteiger partial charge in [-0.1, -0.05) is 188 Å². The van der Waals surface area contributed by atoms with Crippen LogP contribution in [0.1, 0.15) is 22.3 Å². The van der Waals surface area contributed by atoms with Crippen LogP contribution in [0.2, 0.25) is 0 Å². The molecular weight excluding hydrogens is 761 g/mol. The standard InChI is InChI=1S/C61H38N2/c1-2-16-39(17-3-1)40-30-33-42(34-31-40)62-58-37-32-41(43-18-7-13-27-55(43)63-56-28-14-8-22-47(56)48-23-9-15-29-57(48)63)38-51(58)50-36-35-49-46-21-6-12-26-54(46)61(59(49)60(50)62)52-24-10-4-19-44(52)45-20-5-11-25-53(45)61/h1-38H. The topological polar surface area (TPSA) is 9.86 Å². The Balaban J connectivity index is 1.09. The molecule has 2 heteroatoms. The molecule has 0 saturated carbocycles. The Labute approximate surface area is 365 Å². The zero-order valence-electron chi connectivity index (χ0n) is 34.3. The van der Waals surface area contributed by atoms with Crippen LogP contribution in [0.5, 0.6) is 0 Å². The van der Waals surface area contributed by atoms with Gasteiger partial charge in [0.1, 0.15) is 0 Å². The van der Waals surface area contributed by atoms with Gasteiger partial charge in [0, 0.05) is 38.4 Å². The van der Waals surface area contributed by atoms with Gasteiger partial charge in [0.2, 0.25) is 0 Å². The summed E-state index contributed by atoms with van der Waals surface area (Å²) in [7, 11) is 0. The summed E-state index contributed by atoms with van der Waals surface area (Å²) in [5.41, 5.74) is 22.1. The molecule has 0 amide bonds. The van der Waals surface area contributed by atoms with Crippen molar-refractivity contribution in [1.29, 1.82) is 0 Å². The summed E-state index contributed by atoms with van der Waals surface area (Å²) in [4.78, 5) is 0. The Kier molecular flexibility index (Phi) is 7.07. The van der Waals surface area contributed by atoms with Crippen LogP contribution in [0.25, 0.3) is 99.5 Å². The monoisotopic (exact) mass is 798 g/mol. The van der Waals surface area contributed by atoms with Crippen LogP contribution in [0.4, 0.5) is 0 Å². The van der Waals surface area contributed by atoms with Gasteiger partial charge in [-0.15, -0.1) is 0 Å². The van der Waals surface area contributed by atoms with Gasteiger partial charge in [0.15, 0.2) is 0 Å². The lowest BCUT2D eigenvalue weighted by atomic mass is 9.70. The van der Waals surface area contributed by atoms with E-state index in [1.165, 1.54) is 116 Å². The highest BCUT2D eigenvalue weighted by atomic mass is 15.0. The van der Waals surface area contributed by atoms with Crippen LogP contribution in [0.3, 0.4) is 0 Å². The van der Waals surface area contributed by atoms with Crippen LogP contribution >= 0.6 is 0 Å². The lowest BCUT2D eigenvalue weighted by Gasteiger charge is -2.31. The molecule has 2 nitrogen and oxygen atoms in total. The number of fused-ring (bicyclic) bond motifs is 17. The average molecular weight is 799 g/mol. The zero-order valence-corrected chi connectivity index (χ0v) is 34.3. The predicted molar refractivity (Wildman–Crippen MR) is 262 cm³/mol. The maximum Gasteiger partial charge on any atom is 0.0746 e. The van der Waals surface area contributed by atoms with Crippen molar-refractivity contribution in [2.75, 3.05) is 0 Å². The molecule has 0 atom stereocenters. The SMILES string of the molecule is c1ccc(-c2ccc(-n3c4ccc(-c5ccccc5-n5c6ccccc6c6ccccc65)cc4c4ccc5c(c43)C3(c4ccccc4-c4ccccc43)c3ccccc3-5)cc2)cc1. The molecule has 14 rings (SSSR count). The Bertz CT molecular complexity index is 3730. The minimum absolute atomic E-state index is 0.499. The third-order valence-corrected chi connectivity index (χ3v) is 14.1. The Hall–Kier alpha value is -8.20. The number of nitrogens with zero attached hydrogens (tertiary/aromatic N) is 2. The molecule has 0 bridgehead atoms. The number of hydrogen-bond acceptors (Lipinski definition) is 0. The van der Waals surface area contributed by atoms with Gasteiger partial charge in [-0.05, 0) is 98.1 Å². The van der Waals surface area contributed by atoms with Crippen molar-refractivity contribution in [2.24, 2.45) is 0 Å². The van der Waals surface area contributed by atoms with Gasteiger partial charge in [-0.3, -0.25) is 0 Å². The third kappa shape index (κ3) is 4.57. The maximum atomic E-state index is 2.57. The fraction of sp³-hybridized carbons (Fsp3) is 0.0164. The fourth-order valence-electron chi connectivity index (χ4n) is 11.7. The van der Waals surface area contributed by atoms with Crippen molar-refractivity contribution in [2.45, 2.75) is 5.41 Å². The summed E-state index contributed by atoms with van der Waals surface area (Å²) in [6, 6.07) is 85.8. The number of rotatable bonds is 4. The first-order chi connectivity index (χ1) is 31.3. The van der Waals surface area contributed by atoms with E-state index in [4.69, 9.17) is 0 Å². The van der Waals surface area contributed by atoms with Crippen molar-refractivity contribution in [3.63, 3.8) is 0 Å². The minimum Gasteiger partial charge on any atom is -0.309 e. The van der Waals surface area contributed by atoms with E-state index in [0.29, 0.717) is 0 Å². The summed E-state index contributed by atoms with van der Waals surface area (Å²) in [6.07, 6.45) is 0. The summed E-state index contributed by atoms with van der Waals surface area (Å²) in [6.45, 7) is 0. The molecule has 2 aliphatic rings. The smallest absolute Gasteiger partial charge is 0.0746 e. The van der Waals surface area contributed by atoms with Gasteiger partial charge in [-0.25, -0.2) is 0 Å². The molecule has 0 saturated heterocycles. The van der Waals surface area contributed by atoms with Crippen molar-refractivity contribution in [3.8, 4) is 55.9 Å². The van der Waals surface area contributed by atoms with Gasteiger partial charge in [0.25, 0.3) is 0 Å². The molecule has 0 N–H and O–H groups in total. The number of hydrogen-bond donors (Lipinski definition) is 0. The Morgan fingerprint density at radius 1 is 0.286 bits per heavy atom. The van der Waals surface area contributed by atoms with Crippen LogP contribution in [-0.4, -0.2) is 9.13 Å². The molecule has 0 radical (unpaired) electrons. The highest BCUT2D eigenvalue weighted by Crippen LogP contribution is 2.64. The molecule has 12 aromatic rings. The molecule has 292 valence electrons. The van der Waals surface area contributed by atoms with E-state index in [1.807, 2.05) is 0 Å². The van der Waals surface area contributed by atoms with Gasteiger partial charge in [-0.2, -0.15) is 0 Å². The summed E-state index contributed by atoms with van der Waals surface area (Å²) < 4.78 is 5.02. The van der Waals surface area contributed by atoms with Gasteiger partial charge in [0.05, 0.1) is 33.2 Å². The largest absolute Gasteiger partial charge is 0.309 e. The van der Waals surface area contributed by atoms with E-state index in [1.54, 1.807) is 0 Å². The van der Waals surface area contributed by atoms with Gasteiger partial charge < -0.3 is 9.13 Å². The maximum absolute atomic E-state index is 2.57. The molecule has 0 aliphatic heterocycles. The van der Waals surface area contributed by atoms with Crippen LogP contribution in [0.15, 0.2) is 231 Å². The summed E-state index contributed by atoms with van der Waals surface area (Å²) in [5.74, 6) is 0. The molecule has 10 aromatic carbocycles. The van der Waals surface area contributed by atoms with Crippen molar-refractivity contribution in [3.05, 3.63) is 253 Å². The fourth-order valence-corrected chi connectivity index (χ4v) is 11.7. The molecule has 0 fully saturated rings. The van der Waals surface area contributed by atoms with Crippen LogP contribution < -0.4 is 0 Å². The third-order valence-electron chi connectivity index (χ3n) is 14.1. The zero-order chi connectivity index (χ0) is 41.2. The van der Waals surface area contributed by atoms with Crippen molar-refractivity contribution < 1.29 is 0 Å². The first-order valence-electron chi connectivity index (χ1n) is 21.9. The molecule has 1 spiro atoms. The highest BCUT2D eigenvalue weighted by Gasteiger charge is 2.53. The summed E-state index contributed by atoms with van der Waals surface area (Å²) in [5, 5.41) is 5.01. The number of aromatic nitrogens is 2. The quantitative estimate of drug-likeness (QED) is 0.168. The van der Waals surface area contributed by atoms with Crippen LogP contribution in [-0.2, 0) is 5.41 Å². The van der Waals surface area contributed by atoms with Crippen molar-refractivity contribution in [1.82, 2.24) is 9.13 Å². The highest BCUT2D eigenvalue weighted by molar-refractivity contribution is 6.16. The number of para-hydroxylation sites is 3. The molecule has 2 aromatic heterocycles. The predicted octanol–water partition coefficient (Wildman–Crippen LogP) is 15.6. The lowest BCUT2D eigenvalue weighted by Crippen LogP contribution is -2.26. The number of benzene rings is 10. The van der Waals surface area contributed by atoms with Gasteiger partial charge >= 0.3 is 0 Å². The molecule has 0 unspecified atom stereocenters. The van der Waals surface area contributed by atoms with Crippen LogP contribution in [0, 0.1) is 0 Å². The molecule has 63 heavy (non-hydrogen) atoms. The first kappa shape index (κ1) is 34.5. The molecular formula is C61H38N2. The van der Waals surface area contributed by atoms with E-state index in [9.17, 15) is 0 Å². The van der Waals surface area contributed by atoms with E-state index in [2.05, 4.69) is 240 Å². The van der Waals surface area contributed by atoms with E-state index in [0.717, 1.165) is 5.69 Å². The van der Waals surface area contributed by atoms with Crippen molar-refractivity contribution >= 4 is 43.6 Å². The Morgan fingerprint density at radius 2 is 0.778 bits per heavy atom. The average Bonchev–Trinajstić information content (AvgIpc) is 4.06. The second kappa shape index (κ2) is 12.9.